The van der Waals surface area contributed by atoms with Crippen LogP contribution in [0.3, 0.4) is 0 Å². The molecule has 2 aromatic rings. The van der Waals surface area contributed by atoms with E-state index < -0.39 is 5.97 Å². The number of aromatic carboxylic acids is 1. The molecule has 1 aromatic heterocycles. The Hall–Kier alpha value is -1.48. The van der Waals surface area contributed by atoms with Gasteiger partial charge in [-0.3, -0.25) is 0 Å². The van der Waals surface area contributed by atoms with E-state index in [1.807, 2.05) is 0 Å². The summed E-state index contributed by atoms with van der Waals surface area (Å²) in [7, 11) is 0. The molecule has 1 N–H and O–H groups in total. The molecule has 7 heteroatoms. The maximum atomic E-state index is 11.1. The predicted molar refractivity (Wildman–Crippen MR) is 72.6 cm³/mol. The first kappa shape index (κ1) is 15.9. The minimum absolute atomic E-state index is 0. The molecule has 0 amide bonds. The Morgan fingerprint density at radius 3 is 2.67 bits per heavy atom. The normalized spacial score (nSPS) is 22.1. The van der Waals surface area contributed by atoms with Crippen LogP contribution in [0.5, 0.6) is 0 Å². The van der Waals surface area contributed by atoms with Gasteiger partial charge in [0.05, 0.1) is 5.97 Å². The summed E-state index contributed by atoms with van der Waals surface area (Å²) in [6, 6.07) is 5.77. The van der Waals surface area contributed by atoms with E-state index in [-0.39, 0.29) is 36.5 Å². The van der Waals surface area contributed by atoms with Crippen molar-refractivity contribution in [2.45, 2.75) is 25.9 Å². The summed E-state index contributed by atoms with van der Waals surface area (Å²) in [5.41, 5.74) is 0.882. The molecule has 2 heterocycles. The van der Waals surface area contributed by atoms with E-state index in [2.05, 4.69) is 29.0 Å². The summed E-state index contributed by atoms with van der Waals surface area (Å²) in [6.45, 7) is 5.85. The molecule has 21 heavy (non-hydrogen) atoms. The third-order valence-corrected chi connectivity index (χ3v) is 3.68. The topological polar surface area (TPSA) is 81.4 Å². The number of nitrogens with one attached hydrogen (secondary N) is 1. The summed E-state index contributed by atoms with van der Waals surface area (Å²) in [5, 5.41) is 14.4. The Balaban J connectivity index is 0.00000161. The van der Waals surface area contributed by atoms with Crippen LogP contribution in [-0.4, -0.2) is 36.1 Å². The van der Waals surface area contributed by atoms with Gasteiger partial charge in [-0.15, -0.1) is 0 Å². The largest absolute Gasteiger partial charge is 1.00 e. The van der Waals surface area contributed by atoms with Crippen LogP contribution < -0.4 is 34.2 Å². The molecule has 0 spiro atoms. The van der Waals surface area contributed by atoms with Crippen LogP contribution in [0.15, 0.2) is 22.6 Å². The number of carbonyl (C=O) groups is 1. The van der Waals surface area contributed by atoms with Crippen LogP contribution in [0.1, 0.15) is 24.2 Å². The third kappa shape index (κ3) is 2.79. The van der Waals surface area contributed by atoms with Gasteiger partial charge in [0.25, 0.3) is 6.01 Å². The smallest absolute Gasteiger partial charge is 0.545 e. The molecular formula is C14H16LiN3O3. The number of para-hydroxylation sites is 1. The van der Waals surface area contributed by atoms with Gasteiger partial charge in [0.15, 0.2) is 5.58 Å². The zero-order valence-electron chi connectivity index (χ0n) is 12.4. The summed E-state index contributed by atoms with van der Waals surface area (Å²) in [4.78, 5) is 17.6. The molecule has 106 valence electrons. The van der Waals surface area contributed by atoms with E-state index in [4.69, 9.17) is 4.42 Å². The monoisotopic (exact) mass is 281 g/mol. The molecule has 1 aliphatic heterocycles. The number of benzene rings is 1. The zero-order chi connectivity index (χ0) is 14.3. The van der Waals surface area contributed by atoms with E-state index in [1.165, 1.54) is 6.07 Å². The van der Waals surface area contributed by atoms with Gasteiger partial charge < -0.3 is 24.5 Å². The molecule has 0 saturated carbocycles. The molecule has 1 aliphatic rings. The Kier molecular flexibility index (Phi) is 4.62. The molecule has 1 fully saturated rings. The first-order valence-electron chi connectivity index (χ1n) is 6.68. The van der Waals surface area contributed by atoms with Gasteiger partial charge >= 0.3 is 18.9 Å². The number of anilines is 1. The minimum Gasteiger partial charge on any atom is -0.545 e. The van der Waals surface area contributed by atoms with Gasteiger partial charge in [0, 0.05) is 30.7 Å². The molecule has 6 nitrogen and oxygen atoms in total. The third-order valence-electron chi connectivity index (χ3n) is 3.68. The van der Waals surface area contributed by atoms with Gasteiger partial charge in [-0.1, -0.05) is 12.1 Å². The molecule has 0 aliphatic carbocycles. The molecule has 0 unspecified atom stereocenters. The van der Waals surface area contributed by atoms with Crippen molar-refractivity contribution in [3.63, 3.8) is 0 Å². The van der Waals surface area contributed by atoms with Crippen LogP contribution in [0.2, 0.25) is 0 Å². The number of piperazine rings is 1. The van der Waals surface area contributed by atoms with Crippen molar-refractivity contribution in [1.29, 1.82) is 0 Å². The molecule has 2 atom stereocenters. The van der Waals surface area contributed by atoms with Gasteiger partial charge in [0.1, 0.15) is 5.52 Å². The summed E-state index contributed by atoms with van der Waals surface area (Å²) >= 11 is 0. The second-order valence-electron chi connectivity index (χ2n) is 5.20. The fraction of sp³-hybridized carbons (Fsp3) is 0.429. The molecule has 1 aromatic carbocycles. The molecule has 1 saturated heterocycles. The number of hydrogen-bond acceptors (Lipinski definition) is 6. The predicted octanol–water partition coefficient (Wildman–Crippen LogP) is -2.62. The second kappa shape index (κ2) is 6.10. The molecule has 3 rings (SSSR count). The van der Waals surface area contributed by atoms with Crippen LogP contribution in [-0.2, 0) is 0 Å². The Morgan fingerprint density at radius 1 is 1.38 bits per heavy atom. The van der Waals surface area contributed by atoms with Crippen LogP contribution in [0.4, 0.5) is 6.01 Å². The second-order valence-corrected chi connectivity index (χ2v) is 5.20. The summed E-state index contributed by atoms with van der Waals surface area (Å²) < 4.78 is 5.74. The Labute approximate surface area is 134 Å². The number of nitrogens with zero attached hydrogens (tertiary/aromatic N) is 2. The number of carbonyl (C=O) groups excluding carboxylic acids is 1. The van der Waals surface area contributed by atoms with Crippen LogP contribution >= 0.6 is 0 Å². The molecular weight excluding hydrogens is 265 g/mol. The van der Waals surface area contributed by atoms with Gasteiger partial charge in [0.2, 0.25) is 0 Å². The van der Waals surface area contributed by atoms with Crippen molar-refractivity contribution < 1.29 is 33.2 Å². The van der Waals surface area contributed by atoms with Crippen molar-refractivity contribution in [3.05, 3.63) is 23.8 Å². The molecule has 0 bridgehead atoms. The maximum absolute atomic E-state index is 11.1. The van der Waals surface area contributed by atoms with E-state index in [1.54, 1.807) is 12.1 Å². The van der Waals surface area contributed by atoms with E-state index in [0.29, 0.717) is 17.1 Å². The first-order valence-corrected chi connectivity index (χ1v) is 6.68. The molecule has 0 radical (unpaired) electrons. The standard InChI is InChI=1S/C14H17N3O3.Li/c1-8-6-15-7-9(2)17(8)14-16-12-10(13(18)19)4-3-5-11(12)20-14;/h3-5,8-9,15H,6-7H2,1-2H3,(H,18,19);/q;+1/p-1/t8-,9-;/m0./s1. The number of hydrogen-bond donors (Lipinski definition) is 1. The number of oxazole rings is 1. The minimum atomic E-state index is -1.24. The van der Waals surface area contributed by atoms with Crippen LogP contribution in [0, 0.1) is 0 Å². The average molecular weight is 281 g/mol. The van der Waals surface area contributed by atoms with Gasteiger partial charge in [-0.05, 0) is 19.9 Å². The quantitative estimate of drug-likeness (QED) is 0.607. The van der Waals surface area contributed by atoms with Crippen molar-refractivity contribution in [1.82, 2.24) is 10.3 Å². The van der Waals surface area contributed by atoms with Crippen LogP contribution in [0.25, 0.3) is 11.1 Å². The fourth-order valence-electron chi connectivity index (χ4n) is 2.72. The number of rotatable bonds is 2. The first-order chi connectivity index (χ1) is 9.58. The van der Waals surface area contributed by atoms with Crippen molar-refractivity contribution in [2.24, 2.45) is 0 Å². The average Bonchev–Trinajstić information content (AvgIpc) is 2.81. The van der Waals surface area contributed by atoms with E-state index in [9.17, 15) is 9.90 Å². The van der Waals surface area contributed by atoms with Crippen molar-refractivity contribution >= 4 is 23.1 Å². The van der Waals surface area contributed by atoms with Crippen molar-refractivity contribution in [2.75, 3.05) is 18.0 Å². The van der Waals surface area contributed by atoms with Gasteiger partial charge in [-0.25, -0.2) is 0 Å². The number of fused-ring (bicyclic) bond motifs is 1. The number of carboxylic acid groups (broad SMARTS) is 1. The number of carboxylic acids is 1. The summed E-state index contributed by atoms with van der Waals surface area (Å²) in [5.74, 6) is -1.24. The summed E-state index contributed by atoms with van der Waals surface area (Å²) in [6.07, 6.45) is 0. The van der Waals surface area contributed by atoms with E-state index >= 15 is 0 Å². The fourth-order valence-corrected chi connectivity index (χ4v) is 2.72. The Bertz CT molecular complexity index is 648. The zero-order valence-corrected chi connectivity index (χ0v) is 12.4. The Morgan fingerprint density at radius 2 is 2.05 bits per heavy atom. The van der Waals surface area contributed by atoms with Gasteiger partial charge in [-0.2, -0.15) is 4.98 Å². The maximum Gasteiger partial charge on any atom is 1.00 e. The van der Waals surface area contributed by atoms with Crippen molar-refractivity contribution in [3.8, 4) is 0 Å². The van der Waals surface area contributed by atoms with E-state index in [0.717, 1.165) is 13.1 Å². The number of aromatic nitrogens is 1. The SMILES string of the molecule is C[C@H]1CNC[C@H](C)N1c1nc2c(C(=O)[O-])cccc2o1.[Li+].